The molecular formula is C18H33IN4O2. The van der Waals surface area contributed by atoms with Crippen molar-refractivity contribution < 1.29 is 9.53 Å². The Bertz CT molecular complexity index is 462. The van der Waals surface area contributed by atoms with E-state index in [4.69, 9.17) is 4.74 Å². The SMILES string of the molecule is CCOC(=O)C1CCN(C(=NC)NCC2CCN(C3CC3)C2)CC1.I. The molecule has 1 saturated carbocycles. The van der Waals surface area contributed by atoms with Crippen molar-refractivity contribution in [3.63, 3.8) is 0 Å². The number of esters is 1. The lowest BCUT2D eigenvalue weighted by Gasteiger charge is -2.33. The van der Waals surface area contributed by atoms with E-state index in [2.05, 4.69) is 20.1 Å². The highest BCUT2D eigenvalue weighted by molar-refractivity contribution is 14.0. The second kappa shape index (κ2) is 9.94. The summed E-state index contributed by atoms with van der Waals surface area (Å²) in [5.41, 5.74) is 0. The summed E-state index contributed by atoms with van der Waals surface area (Å²) in [6.45, 7) is 7.60. The van der Waals surface area contributed by atoms with E-state index in [9.17, 15) is 4.79 Å². The van der Waals surface area contributed by atoms with E-state index >= 15 is 0 Å². The van der Waals surface area contributed by atoms with Crippen molar-refractivity contribution in [1.82, 2.24) is 15.1 Å². The average molecular weight is 464 g/mol. The molecule has 3 aliphatic rings. The number of carbonyl (C=O) groups is 1. The van der Waals surface area contributed by atoms with Gasteiger partial charge in [0.25, 0.3) is 0 Å². The fourth-order valence-corrected chi connectivity index (χ4v) is 3.96. The zero-order chi connectivity index (χ0) is 16.9. The Kier molecular flexibility index (Phi) is 8.25. The number of carbonyl (C=O) groups excluding carboxylic acids is 1. The van der Waals surface area contributed by atoms with Crippen LogP contribution in [0.2, 0.25) is 0 Å². The molecule has 1 aliphatic carbocycles. The predicted molar refractivity (Wildman–Crippen MR) is 110 cm³/mol. The van der Waals surface area contributed by atoms with Gasteiger partial charge < -0.3 is 19.9 Å². The Morgan fingerprint density at radius 3 is 2.48 bits per heavy atom. The fraction of sp³-hybridized carbons (Fsp3) is 0.889. The number of guanidine groups is 1. The predicted octanol–water partition coefficient (Wildman–Crippen LogP) is 1.94. The molecule has 0 aromatic rings. The number of piperidine rings is 1. The summed E-state index contributed by atoms with van der Waals surface area (Å²) >= 11 is 0. The molecule has 2 saturated heterocycles. The minimum absolute atomic E-state index is 0. The lowest BCUT2D eigenvalue weighted by Crippen LogP contribution is -2.47. The summed E-state index contributed by atoms with van der Waals surface area (Å²) < 4.78 is 5.14. The molecule has 0 aromatic carbocycles. The number of hydrogen-bond donors (Lipinski definition) is 1. The average Bonchev–Trinajstić information content (AvgIpc) is 3.35. The Hall–Kier alpha value is -0.570. The van der Waals surface area contributed by atoms with E-state index in [-0.39, 0.29) is 35.9 Å². The summed E-state index contributed by atoms with van der Waals surface area (Å²) in [4.78, 5) is 21.2. The van der Waals surface area contributed by atoms with Gasteiger partial charge in [-0.15, -0.1) is 24.0 Å². The smallest absolute Gasteiger partial charge is 0.309 e. The maximum Gasteiger partial charge on any atom is 0.309 e. The summed E-state index contributed by atoms with van der Waals surface area (Å²) in [5, 5.41) is 3.56. The molecule has 6 nitrogen and oxygen atoms in total. The highest BCUT2D eigenvalue weighted by Gasteiger charge is 2.34. The largest absolute Gasteiger partial charge is 0.466 e. The quantitative estimate of drug-likeness (QED) is 0.292. The van der Waals surface area contributed by atoms with Gasteiger partial charge >= 0.3 is 5.97 Å². The van der Waals surface area contributed by atoms with Crippen LogP contribution < -0.4 is 5.32 Å². The zero-order valence-electron chi connectivity index (χ0n) is 15.6. The third kappa shape index (κ3) is 5.70. The number of hydrogen-bond acceptors (Lipinski definition) is 4. The Balaban J connectivity index is 0.00000225. The molecule has 2 heterocycles. The Labute approximate surface area is 168 Å². The summed E-state index contributed by atoms with van der Waals surface area (Å²) in [6.07, 6.45) is 5.82. The highest BCUT2D eigenvalue weighted by atomic mass is 127. The molecule has 0 aromatic heterocycles. The molecule has 144 valence electrons. The first-order valence-corrected chi connectivity index (χ1v) is 9.57. The molecule has 1 N–H and O–H groups in total. The van der Waals surface area contributed by atoms with Crippen molar-refractivity contribution in [2.75, 3.05) is 46.4 Å². The van der Waals surface area contributed by atoms with Crippen LogP contribution in [0.15, 0.2) is 4.99 Å². The summed E-state index contributed by atoms with van der Waals surface area (Å²) in [6, 6.07) is 0.885. The number of rotatable bonds is 5. The lowest BCUT2D eigenvalue weighted by atomic mass is 9.97. The minimum Gasteiger partial charge on any atom is -0.466 e. The van der Waals surface area contributed by atoms with Gasteiger partial charge in [-0.2, -0.15) is 0 Å². The van der Waals surface area contributed by atoms with Gasteiger partial charge in [0.1, 0.15) is 0 Å². The first-order valence-electron chi connectivity index (χ1n) is 9.57. The number of aliphatic imine (C=N–C) groups is 1. The highest BCUT2D eigenvalue weighted by Crippen LogP contribution is 2.31. The van der Waals surface area contributed by atoms with Crippen LogP contribution in [0.1, 0.15) is 39.0 Å². The van der Waals surface area contributed by atoms with Crippen LogP contribution in [-0.4, -0.2) is 74.1 Å². The van der Waals surface area contributed by atoms with Gasteiger partial charge in [0.2, 0.25) is 0 Å². The number of nitrogens with zero attached hydrogens (tertiary/aromatic N) is 3. The van der Waals surface area contributed by atoms with E-state index in [1.165, 1.54) is 32.4 Å². The maximum atomic E-state index is 11.8. The summed E-state index contributed by atoms with van der Waals surface area (Å²) in [5.74, 6) is 1.74. The van der Waals surface area contributed by atoms with Crippen molar-refractivity contribution >= 4 is 35.9 Å². The van der Waals surface area contributed by atoms with Crippen molar-refractivity contribution in [2.24, 2.45) is 16.8 Å². The van der Waals surface area contributed by atoms with E-state index in [1.54, 1.807) is 0 Å². The van der Waals surface area contributed by atoms with E-state index in [0.29, 0.717) is 6.61 Å². The van der Waals surface area contributed by atoms with Gasteiger partial charge in [-0.1, -0.05) is 0 Å². The van der Waals surface area contributed by atoms with Crippen LogP contribution in [0.3, 0.4) is 0 Å². The minimum atomic E-state index is -0.0359. The number of nitrogens with one attached hydrogen (secondary N) is 1. The van der Waals surface area contributed by atoms with Crippen molar-refractivity contribution in [3.8, 4) is 0 Å². The van der Waals surface area contributed by atoms with Crippen molar-refractivity contribution in [3.05, 3.63) is 0 Å². The van der Waals surface area contributed by atoms with Crippen LogP contribution in [0.4, 0.5) is 0 Å². The standard InChI is InChI=1S/C18H32N4O2.HI/c1-3-24-17(23)15-7-10-21(11-8-15)18(19-2)20-12-14-6-9-22(13-14)16-4-5-16;/h14-16H,3-13H2,1-2H3,(H,19,20);1H. The first-order chi connectivity index (χ1) is 11.7. The summed E-state index contributed by atoms with van der Waals surface area (Å²) in [7, 11) is 1.85. The molecule has 0 radical (unpaired) electrons. The van der Waals surface area contributed by atoms with Crippen molar-refractivity contribution in [2.45, 2.75) is 45.1 Å². The van der Waals surface area contributed by atoms with Gasteiger partial charge in [0.05, 0.1) is 12.5 Å². The van der Waals surface area contributed by atoms with E-state index < -0.39 is 0 Å². The van der Waals surface area contributed by atoms with Gasteiger partial charge in [-0.25, -0.2) is 0 Å². The second-order valence-electron chi connectivity index (χ2n) is 7.32. The third-order valence-electron chi connectivity index (χ3n) is 5.56. The van der Waals surface area contributed by atoms with Gasteiger partial charge in [-0.3, -0.25) is 9.79 Å². The maximum absolute atomic E-state index is 11.8. The molecule has 0 amide bonds. The monoisotopic (exact) mass is 464 g/mol. The molecule has 25 heavy (non-hydrogen) atoms. The van der Waals surface area contributed by atoms with Crippen molar-refractivity contribution in [1.29, 1.82) is 0 Å². The number of halogens is 1. The molecule has 0 bridgehead atoms. The normalized spacial score (nSPS) is 25.6. The van der Waals surface area contributed by atoms with E-state index in [0.717, 1.165) is 50.4 Å². The fourth-order valence-electron chi connectivity index (χ4n) is 3.96. The molecule has 3 fully saturated rings. The molecule has 7 heteroatoms. The molecule has 1 atom stereocenters. The molecular weight excluding hydrogens is 431 g/mol. The van der Waals surface area contributed by atoms with Gasteiger partial charge in [0.15, 0.2) is 5.96 Å². The number of likely N-dealkylation sites (tertiary alicyclic amines) is 2. The van der Waals surface area contributed by atoms with Crippen LogP contribution in [-0.2, 0) is 9.53 Å². The second-order valence-corrected chi connectivity index (χ2v) is 7.32. The Morgan fingerprint density at radius 2 is 1.88 bits per heavy atom. The Morgan fingerprint density at radius 1 is 1.16 bits per heavy atom. The van der Waals surface area contributed by atoms with Crippen LogP contribution >= 0.6 is 24.0 Å². The first kappa shape index (κ1) is 20.7. The van der Waals surface area contributed by atoms with Crippen LogP contribution in [0.5, 0.6) is 0 Å². The lowest BCUT2D eigenvalue weighted by molar-refractivity contribution is -0.149. The third-order valence-corrected chi connectivity index (χ3v) is 5.56. The topological polar surface area (TPSA) is 57.2 Å². The molecule has 0 spiro atoms. The zero-order valence-corrected chi connectivity index (χ0v) is 17.9. The molecule has 1 unspecified atom stereocenters. The van der Waals surface area contributed by atoms with Crippen LogP contribution in [0.25, 0.3) is 0 Å². The van der Waals surface area contributed by atoms with Crippen LogP contribution in [0, 0.1) is 11.8 Å². The number of ether oxygens (including phenoxy) is 1. The van der Waals surface area contributed by atoms with Gasteiger partial charge in [-0.05, 0) is 51.5 Å². The van der Waals surface area contributed by atoms with Gasteiger partial charge in [0, 0.05) is 39.3 Å². The molecule has 3 rings (SSSR count). The van der Waals surface area contributed by atoms with E-state index in [1.807, 2.05) is 14.0 Å². The molecule has 2 aliphatic heterocycles.